The van der Waals surface area contributed by atoms with Crippen molar-refractivity contribution in [2.75, 3.05) is 13.6 Å². The van der Waals surface area contributed by atoms with Crippen LogP contribution in [0.3, 0.4) is 0 Å². The second-order valence-electron chi connectivity index (χ2n) is 3.52. The number of amides is 2. The maximum absolute atomic E-state index is 11.5. The molecule has 0 aliphatic heterocycles. The second kappa shape index (κ2) is 6.24. The summed E-state index contributed by atoms with van der Waals surface area (Å²) < 4.78 is 1.18. The normalized spacial score (nSPS) is 9.56. The lowest BCUT2D eigenvalue weighted by Crippen LogP contribution is -2.37. The van der Waals surface area contributed by atoms with Crippen molar-refractivity contribution in [3.8, 4) is 12.3 Å². The lowest BCUT2D eigenvalue weighted by atomic mass is 10.4. The summed E-state index contributed by atoms with van der Waals surface area (Å²) in [5, 5.41) is 18.4. The van der Waals surface area contributed by atoms with Crippen molar-refractivity contribution in [1.29, 1.82) is 0 Å². The monoisotopic (exact) mass is 251 g/mol. The minimum Gasteiger partial charge on any atom is -0.480 e. The molecule has 2 amide bonds. The lowest BCUT2D eigenvalue weighted by Gasteiger charge is -2.13. The number of carbonyl (C=O) groups is 2. The van der Waals surface area contributed by atoms with E-state index < -0.39 is 5.97 Å². The molecule has 0 unspecified atom stereocenters. The van der Waals surface area contributed by atoms with E-state index in [2.05, 4.69) is 21.5 Å². The summed E-state index contributed by atoms with van der Waals surface area (Å²) in [6, 6.07) is -0.333. The van der Waals surface area contributed by atoms with E-state index in [1.54, 1.807) is 7.05 Å². The third-order valence-electron chi connectivity index (χ3n) is 1.98. The van der Waals surface area contributed by atoms with Gasteiger partial charge in [-0.15, -0.1) is 11.5 Å². The molecule has 0 saturated carbocycles. The van der Waals surface area contributed by atoms with Gasteiger partial charge in [-0.25, -0.2) is 9.48 Å². The first kappa shape index (κ1) is 13.5. The smallest absolute Gasteiger partial charge is 0.325 e. The van der Waals surface area contributed by atoms with Gasteiger partial charge in [-0.2, -0.15) is 0 Å². The van der Waals surface area contributed by atoms with Crippen LogP contribution in [0.2, 0.25) is 0 Å². The number of rotatable bonds is 5. The van der Waals surface area contributed by atoms with Crippen LogP contribution in [0.5, 0.6) is 0 Å². The topological polar surface area (TPSA) is 100 Å². The minimum absolute atomic E-state index is 0.160. The molecular formula is C10H13N5O3. The second-order valence-corrected chi connectivity index (χ2v) is 3.52. The molecule has 1 aromatic rings. The summed E-state index contributed by atoms with van der Waals surface area (Å²) in [5.74, 6) is 1.33. The molecule has 0 aliphatic carbocycles. The Hall–Kier alpha value is -2.56. The van der Waals surface area contributed by atoms with Crippen molar-refractivity contribution in [2.45, 2.75) is 13.1 Å². The zero-order valence-electron chi connectivity index (χ0n) is 9.83. The molecule has 2 N–H and O–H groups in total. The Morgan fingerprint density at radius 1 is 1.67 bits per heavy atom. The van der Waals surface area contributed by atoms with Gasteiger partial charge in [0, 0.05) is 7.05 Å². The molecule has 18 heavy (non-hydrogen) atoms. The Morgan fingerprint density at radius 3 is 3.00 bits per heavy atom. The number of carboxylic acids is 1. The number of aliphatic carboxylic acids is 1. The highest BCUT2D eigenvalue weighted by Gasteiger charge is 2.08. The predicted octanol–water partition coefficient (Wildman–Crippen LogP) is -0.863. The fourth-order valence-corrected chi connectivity index (χ4v) is 1.15. The Balaban J connectivity index is 2.44. The Labute approximate surface area is 104 Å². The number of aromatic nitrogens is 3. The summed E-state index contributed by atoms with van der Waals surface area (Å²) in [4.78, 5) is 23.2. The molecule has 0 saturated heterocycles. The van der Waals surface area contributed by atoms with Gasteiger partial charge in [-0.05, 0) is 0 Å². The highest BCUT2D eigenvalue weighted by atomic mass is 16.4. The van der Waals surface area contributed by atoms with Crippen molar-refractivity contribution >= 4 is 12.0 Å². The quantitative estimate of drug-likeness (QED) is 0.663. The number of carboxylic acid groups (broad SMARTS) is 1. The Bertz CT molecular complexity index is 476. The van der Waals surface area contributed by atoms with Crippen LogP contribution in [0.1, 0.15) is 5.69 Å². The van der Waals surface area contributed by atoms with E-state index in [4.69, 9.17) is 11.5 Å². The maximum atomic E-state index is 11.5. The fraction of sp³-hybridized carbons (Fsp3) is 0.400. The first-order chi connectivity index (χ1) is 8.52. The van der Waals surface area contributed by atoms with Crippen LogP contribution < -0.4 is 5.32 Å². The van der Waals surface area contributed by atoms with E-state index in [0.717, 1.165) is 0 Å². The molecule has 0 aromatic carbocycles. The molecule has 0 bridgehead atoms. The van der Waals surface area contributed by atoms with Gasteiger partial charge < -0.3 is 15.3 Å². The van der Waals surface area contributed by atoms with Crippen LogP contribution in [0.15, 0.2) is 6.20 Å². The molecule has 0 atom stereocenters. The van der Waals surface area contributed by atoms with Crippen LogP contribution in [0, 0.1) is 12.3 Å². The molecule has 0 spiro atoms. The Morgan fingerprint density at radius 2 is 2.39 bits per heavy atom. The number of terminal acetylenes is 1. The number of carbonyl (C=O) groups excluding carboxylic acids is 1. The number of nitrogens with one attached hydrogen (secondary N) is 1. The van der Waals surface area contributed by atoms with Gasteiger partial charge in [0.2, 0.25) is 0 Å². The van der Waals surface area contributed by atoms with Crippen LogP contribution in [-0.4, -0.2) is 50.6 Å². The van der Waals surface area contributed by atoms with Crippen LogP contribution in [0.25, 0.3) is 0 Å². The van der Waals surface area contributed by atoms with Crippen LogP contribution in [-0.2, 0) is 17.9 Å². The summed E-state index contributed by atoms with van der Waals surface area (Å²) in [7, 11) is 1.57. The summed E-state index contributed by atoms with van der Waals surface area (Å²) in [6.07, 6.45) is 6.53. The molecule has 0 aliphatic rings. The number of urea groups is 1. The first-order valence-electron chi connectivity index (χ1n) is 5.06. The van der Waals surface area contributed by atoms with Crippen LogP contribution in [0.4, 0.5) is 4.79 Å². The molecule has 1 rings (SSSR count). The summed E-state index contributed by atoms with van der Waals surface area (Å²) >= 11 is 0. The van der Waals surface area contributed by atoms with Gasteiger partial charge in [0.1, 0.15) is 12.2 Å². The first-order valence-corrected chi connectivity index (χ1v) is 5.06. The third-order valence-corrected chi connectivity index (χ3v) is 1.98. The standard InChI is InChI=1S/C10H13N5O3/c1-3-4-14(2)10(18)11-5-8-6-15(13-12-8)7-9(16)17/h1,6H,4-5,7H2,2H3,(H,11,18)(H,16,17). The van der Waals surface area contributed by atoms with Gasteiger partial charge in [0.25, 0.3) is 0 Å². The fourth-order valence-electron chi connectivity index (χ4n) is 1.15. The molecular weight excluding hydrogens is 238 g/mol. The minimum atomic E-state index is -1.01. The van der Waals surface area contributed by atoms with Gasteiger partial charge in [-0.3, -0.25) is 4.79 Å². The van der Waals surface area contributed by atoms with Gasteiger partial charge in [-0.1, -0.05) is 11.1 Å². The predicted molar refractivity (Wildman–Crippen MR) is 61.4 cm³/mol. The zero-order chi connectivity index (χ0) is 13.5. The molecule has 1 heterocycles. The highest BCUT2D eigenvalue weighted by Crippen LogP contribution is 1.93. The third kappa shape index (κ3) is 4.13. The molecule has 1 aromatic heterocycles. The van der Waals surface area contributed by atoms with Crippen molar-refractivity contribution in [1.82, 2.24) is 25.2 Å². The van der Waals surface area contributed by atoms with E-state index in [1.807, 2.05) is 0 Å². The van der Waals surface area contributed by atoms with Crippen molar-refractivity contribution in [3.63, 3.8) is 0 Å². The van der Waals surface area contributed by atoms with Gasteiger partial charge in [0.15, 0.2) is 0 Å². The average Bonchev–Trinajstić information content (AvgIpc) is 2.73. The van der Waals surface area contributed by atoms with E-state index in [9.17, 15) is 9.59 Å². The maximum Gasteiger partial charge on any atom is 0.325 e. The van der Waals surface area contributed by atoms with E-state index in [1.165, 1.54) is 15.8 Å². The van der Waals surface area contributed by atoms with Gasteiger partial charge >= 0.3 is 12.0 Å². The SMILES string of the molecule is C#CCN(C)C(=O)NCc1cn(CC(=O)O)nn1. The zero-order valence-corrected chi connectivity index (χ0v) is 9.83. The van der Waals surface area contributed by atoms with E-state index in [-0.39, 0.29) is 25.7 Å². The van der Waals surface area contributed by atoms with Crippen molar-refractivity contribution < 1.29 is 14.7 Å². The highest BCUT2D eigenvalue weighted by molar-refractivity contribution is 5.74. The Kier molecular flexibility index (Phi) is 4.68. The number of hydrogen-bond donors (Lipinski definition) is 2. The molecule has 96 valence electrons. The molecule has 8 nitrogen and oxygen atoms in total. The number of nitrogens with zero attached hydrogens (tertiary/aromatic N) is 4. The largest absolute Gasteiger partial charge is 0.480 e. The number of hydrogen-bond acceptors (Lipinski definition) is 4. The summed E-state index contributed by atoms with van der Waals surface area (Å²) in [6.45, 7) is 0.100. The van der Waals surface area contributed by atoms with E-state index >= 15 is 0 Å². The molecule has 8 heteroatoms. The van der Waals surface area contributed by atoms with Crippen molar-refractivity contribution in [2.24, 2.45) is 0 Å². The van der Waals surface area contributed by atoms with Crippen molar-refractivity contribution in [3.05, 3.63) is 11.9 Å². The average molecular weight is 251 g/mol. The van der Waals surface area contributed by atoms with Crippen LogP contribution >= 0.6 is 0 Å². The van der Waals surface area contributed by atoms with Gasteiger partial charge in [0.05, 0.1) is 19.3 Å². The molecule has 0 fully saturated rings. The summed E-state index contributed by atoms with van der Waals surface area (Å²) in [5.41, 5.74) is 0.471. The molecule has 0 radical (unpaired) electrons. The van der Waals surface area contributed by atoms with E-state index in [0.29, 0.717) is 5.69 Å². The lowest BCUT2D eigenvalue weighted by molar-refractivity contribution is -0.137.